The number of aryl methyl sites for hydroxylation is 1. The molecule has 0 aromatic heterocycles. The van der Waals surface area contributed by atoms with Crippen LogP contribution in [0.3, 0.4) is 0 Å². The molecule has 2 N–H and O–H groups in total. The number of hydrogen-bond donors (Lipinski definition) is 2. The summed E-state index contributed by atoms with van der Waals surface area (Å²) in [5.74, 6) is 0. The highest BCUT2D eigenvalue weighted by Gasteiger charge is 2.29. The van der Waals surface area contributed by atoms with Gasteiger partial charge in [-0.15, -0.1) is 0 Å². The van der Waals surface area contributed by atoms with E-state index in [0.717, 1.165) is 18.7 Å². The second kappa shape index (κ2) is 8.84. The van der Waals surface area contributed by atoms with E-state index in [1.165, 1.54) is 9.21 Å². The number of ether oxygens (including phenoxy) is 1. The third-order valence-electron chi connectivity index (χ3n) is 4.75. The highest BCUT2D eigenvalue weighted by Crippen LogP contribution is 2.24. The molecule has 0 spiro atoms. The van der Waals surface area contributed by atoms with E-state index in [4.69, 9.17) is 4.74 Å². The van der Waals surface area contributed by atoms with Gasteiger partial charge in [0.15, 0.2) is 0 Å². The summed E-state index contributed by atoms with van der Waals surface area (Å²) < 4.78 is 33.2. The standard InChI is InChI=1S/C20H26N2O4S/c1-17-7-9-20(10-8-17)27(24,25)22(18-5-3-2-4-6-18)16-19(23)15-21-11-13-26-14-12-21/h2-10,19,23H,11-16H2,1H3/p+1/t19-/m1/s1. The largest absolute Gasteiger partial charge is 0.385 e. The monoisotopic (exact) mass is 391 g/mol. The van der Waals surface area contributed by atoms with Crippen molar-refractivity contribution in [2.24, 2.45) is 0 Å². The number of anilines is 1. The van der Waals surface area contributed by atoms with Gasteiger partial charge in [0, 0.05) is 0 Å². The lowest BCUT2D eigenvalue weighted by molar-refractivity contribution is -0.910. The van der Waals surface area contributed by atoms with Crippen molar-refractivity contribution in [1.29, 1.82) is 0 Å². The molecule has 0 saturated carbocycles. The van der Waals surface area contributed by atoms with Crippen LogP contribution in [0.15, 0.2) is 59.5 Å². The molecule has 1 saturated heterocycles. The number of morpholine rings is 1. The van der Waals surface area contributed by atoms with Crippen LogP contribution in [-0.2, 0) is 14.8 Å². The topological polar surface area (TPSA) is 71.3 Å². The number of sulfonamides is 1. The number of rotatable bonds is 7. The second-order valence-corrected chi connectivity index (χ2v) is 8.77. The van der Waals surface area contributed by atoms with Gasteiger partial charge in [0.25, 0.3) is 10.0 Å². The maximum atomic E-state index is 13.3. The zero-order chi connectivity index (χ0) is 19.3. The molecule has 0 radical (unpaired) electrons. The zero-order valence-corrected chi connectivity index (χ0v) is 16.4. The first kappa shape index (κ1) is 19.8. The van der Waals surface area contributed by atoms with Crippen molar-refractivity contribution in [3.63, 3.8) is 0 Å². The summed E-state index contributed by atoms with van der Waals surface area (Å²) in [4.78, 5) is 1.46. The van der Waals surface area contributed by atoms with E-state index >= 15 is 0 Å². The van der Waals surface area contributed by atoms with Crippen molar-refractivity contribution in [3.8, 4) is 0 Å². The minimum atomic E-state index is -3.77. The van der Waals surface area contributed by atoms with Crippen LogP contribution < -0.4 is 9.21 Å². The Hall–Kier alpha value is -1.93. The van der Waals surface area contributed by atoms with Crippen LogP contribution in [0.2, 0.25) is 0 Å². The van der Waals surface area contributed by atoms with Gasteiger partial charge in [-0.2, -0.15) is 0 Å². The smallest absolute Gasteiger partial charge is 0.264 e. The van der Waals surface area contributed by atoms with Crippen molar-refractivity contribution in [2.75, 3.05) is 43.7 Å². The summed E-state index contributed by atoms with van der Waals surface area (Å²) in [5.41, 5.74) is 1.55. The third-order valence-corrected chi connectivity index (χ3v) is 6.56. The lowest BCUT2D eigenvalue weighted by atomic mass is 10.2. The van der Waals surface area contributed by atoms with Crippen molar-refractivity contribution in [1.82, 2.24) is 0 Å². The Morgan fingerprint density at radius 1 is 1.07 bits per heavy atom. The molecule has 27 heavy (non-hydrogen) atoms. The van der Waals surface area contributed by atoms with E-state index < -0.39 is 16.1 Å². The van der Waals surface area contributed by atoms with E-state index in [0.29, 0.717) is 25.4 Å². The number of quaternary nitrogens is 1. The molecule has 1 aliphatic heterocycles. The molecule has 0 amide bonds. The van der Waals surface area contributed by atoms with Crippen LogP contribution in [0.1, 0.15) is 5.56 Å². The van der Waals surface area contributed by atoms with Crippen LogP contribution in [0.4, 0.5) is 5.69 Å². The van der Waals surface area contributed by atoms with E-state index in [9.17, 15) is 13.5 Å². The molecule has 7 heteroatoms. The molecule has 1 heterocycles. The van der Waals surface area contributed by atoms with Crippen LogP contribution in [-0.4, -0.2) is 59.0 Å². The minimum absolute atomic E-state index is 0.0184. The molecular formula is C20H27N2O4S+. The van der Waals surface area contributed by atoms with Crippen LogP contribution in [0.5, 0.6) is 0 Å². The van der Waals surface area contributed by atoms with E-state index in [1.54, 1.807) is 48.5 Å². The summed E-state index contributed by atoms with van der Waals surface area (Å²) >= 11 is 0. The molecule has 1 atom stereocenters. The summed E-state index contributed by atoms with van der Waals surface area (Å²) in [5, 5.41) is 10.6. The number of aliphatic hydroxyl groups is 1. The summed E-state index contributed by atoms with van der Waals surface area (Å²) in [7, 11) is -3.77. The summed E-state index contributed by atoms with van der Waals surface area (Å²) in [6.07, 6.45) is -0.765. The highest BCUT2D eigenvalue weighted by atomic mass is 32.2. The average Bonchev–Trinajstić information content (AvgIpc) is 2.68. The van der Waals surface area contributed by atoms with E-state index in [1.807, 2.05) is 13.0 Å². The first-order valence-electron chi connectivity index (χ1n) is 9.20. The summed E-state index contributed by atoms with van der Waals surface area (Å²) in [6.45, 7) is 5.43. The molecular weight excluding hydrogens is 364 g/mol. The molecule has 0 aliphatic carbocycles. The Balaban J connectivity index is 1.83. The first-order chi connectivity index (χ1) is 13.0. The minimum Gasteiger partial charge on any atom is -0.385 e. The molecule has 6 nitrogen and oxygen atoms in total. The van der Waals surface area contributed by atoms with Gasteiger partial charge in [0.05, 0.1) is 30.3 Å². The van der Waals surface area contributed by atoms with E-state index in [2.05, 4.69) is 0 Å². The van der Waals surface area contributed by atoms with E-state index in [-0.39, 0.29) is 11.4 Å². The molecule has 1 fully saturated rings. The number of aliphatic hydroxyl groups excluding tert-OH is 1. The molecule has 0 bridgehead atoms. The molecule has 0 unspecified atom stereocenters. The Labute approximate surface area is 161 Å². The Morgan fingerprint density at radius 2 is 1.70 bits per heavy atom. The van der Waals surface area contributed by atoms with Crippen molar-refractivity contribution < 1.29 is 23.2 Å². The highest BCUT2D eigenvalue weighted by molar-refractivity contribution is 7.92. The maximum absolute atomic E-state index is 13.3. The average molecular weight is 392 g/mol. The predicted molar refractivity (Wildman–Crippen MR) is 105 cm³/mol. The van der Waals surface area contributed by atoms with Crippen molar-refractivity contribution in [3.05, 3.63) is 60.2 Å². The molecule has 2 aromatic rings. The van der Waals surface area contributed by atoms with Gasteiger partial charge in [-0.25, -0.2) is 8.42 Å². The number of nitrogens with zero attached hydrogens (tertiary/aromatic N) is 1. The quantitative estimate of drug-likeness (QED) is 0.720. The molecule has 1 aliphatic rings. The lowest BCUT2D eigenvalue weighted by Crippen LogP contribution is -3.15. The van der Waals surface area contributed by atoms with Gasteiger partial charge in [0.2, 0.25) is 0 Å². The fourth-order valence-corrected chi connectivity index (χ4v) is 4.73. The Morgan fingerprint density at radius 3 is 2.33 bits per heavy atom. The Bertz CT molecular complexity index is 819. The fourth-order valence-electron chi connectivity index (χ4n) is 3.23. The van der Waals surface area contributed by atoms with Gasteiger partial charge < -0.3 is 14.7 Å². The lowest BCUT2D eigenvalue weighted by Gasteiger charge is -2.30. The molecule has 3 rings (SSSR count). The first-order valence-corrected chi connectivity index (χ1v) is 10.6. The SMILES string of the molecule is Cc1ccc(S(=O)(=O)N(C[C@H](O)C[NH+]2CCOCC2)c2ccccc2)cc1. The normalized spacial score (nSPS) is 16.8. The number of hydrogen-bond acceptors (Lipinski definition) is 4. The van der Waals surface area contributed by atoms with Crippen molar-refractivity contribution in [2.45, 2.75) is 17.9 Å². The number of nitrogens with one attached hydrogen (secondary N) is 1. The second-order valence-electron chi connectivity index (χ2n) is 6.91. The van der Waals surface area contributed by atoms with Crippen LogP contribution in [0, 0.1) is 6.92 Å². The van der Waals surface area contributed by atoms with Gasteiger partial charge >= 0.3 is 0 Å². The van der Waals surface area contributed by atoms with Gasteiger partial charge in [-0.1, -0.05) is 35.9 Å². The molecule has 146 valence electrons. The van der Waals surface area contributed by atoms with Crippen molar-refractivity contribution >= 4 is 15.7 Å². The maximum Gasteiger partial charge on any atom is 0.264 e. The Kier molecular flexibility index (Phi) is 6.49. The third kappa shape index (κ3) is 5.07. The summed E-state index contributed by atoms with van der Waals surface area (Å²) in [6, 6.07) is 15.7. The van der Waals surface area contributed by atoms with Gasteiger partial charge in [0.1, 0.15) is 25.7 Å². The predicted octanol–water partition coefficient (Wildman–Crippen LogP) is 0.466. The molecule has 2 aromatic carbocycles. The zero-order valence-electron chi connectivity index (χ0n) is 15.5. The fraction of sp³-hybridized carbons (Fsp3) is 0.400. The van der Waals surface area contributed by atoms with Gasteiger partial charge in [-0.05, 0) is 31.2 Å². The van der Waals surface area contributed by atoms with Gasteiger partial charge in [-0.3, -0.25) is 4.31 Å². The van der Waals surface area contributed by atoms with Crippen LogP contribution in [0.25, 0.3) is 0 Å². The number of benzene rings is 2. The van der Waals surface area contributed by atoms with Crippen LogP contribution >= 0.6 is 0 Å². The number of para-hydroxylation sites is 1.